The lowest BCUT2D eigenvalue weighted by molar-refractivity contribution is -0.138. The van der Waals surface area contributed by atoms with Crippen molar-refractivity contribution in [3.63, 3.8) is 0 Å². The molecule has 0 saturated heterocycles. The normalized spacial score (nSPS) is 60.8. The Balaban J connectivity index is 1.54. The largest absolute Gasteiger partial charge is 0.298 e. The lowest BCUT2D eigenvalue weighted by Gasteiger charge is -2.37. The van der Waals surface area contributed by atoms with Crippen LogP contribution in [-0.4, -0.2) is 5.78 Å². The first-order chi connectivity index (χ1) is 8.73. The van der Waals surface area contributed by atoms with Crippen molar-refractivity contribution in [2.45, 2.75) is 64.2 Å². The minimum atomic E-state index is 0.202. The van der Waals surface area contributed by atoms with Gasteiger partial charge in [0.15, 0.2) is 0 Å². The summed E-state index contributed by atoms with van der Waals surface area (Å²) in [4.78, 5) is 13.3. The number of hydrogen-bond acceptors (Lipinski definition) is 1. The molecule has 5 fully saturated rings. The van der Waals surface area contributed by atoms with Crippen molar-refractivity contribution in [2.75, 3.05) is 0 Å². The molecule has 5 saturated carbocycles. The van der Waals surface area contributed by atoms with Crippen LogP contribution in [0, 0.1) is 34.5 Å². The standard InChI is InChI=1S/C17H24O/c18-15-16(9-11-1-3-13(16)7-11)5-6-17(15)10-12-2-4-14(17)8-12/h11-14H,1-10H2. The maximum absolute atomic E-state index is 13.3. The first kappa shape index (κ1) is 10.5. The third kappa shape index (κ3) is 0.980. The molecule has 0 aromatic heterocycles. The van der Waals surface area contributed by atoms with Gasteiger partial charge in [-0.15, -0.1) is 0 Å². The van der Waals surface area contributed by atoms with E-state index in [2.05, 4.69) is 0 Å². The van der Waals surface area contributed by atoms with Gasteiger partial charge in [0.1, 0.15) is 5.78 Å². The highest BCUT2D eigenvalue weighted by atomic mass is 16.1. The summed E-state index contributed by atoms with van der Waals surface area (Å²) in [5.74, 6) is 4.23. The molecule has 0 radical (unpaired) electrons. The highest BCUT2D eigenvalue weighted by Gasteiger charge is 2.68. The van der Waals surface area contributed by atoms with Gasteiger partial charge >= 0.3 is 0 Å². The molecule has 0 amide bonds. The molecule has 5 rings (SSSR count). The number of Topliss-reactive ketones (excluding diaryl/α,β-unsaturated/α-hetero) is 1. The highest BCUT2D eigenvalue weighted by molar-refractivity contribution is 5.94. The molecule has 18 heavy (non-hydrogen) atoms. The third-order valence-electron chi connectivity index (χ3n) is 7.87. The fourth-order valence-corrected chi connectivity index (χ4v) is 7.23. The average Bonchev–Trinajstić information content (AvgIpc) is 3.14. The summed E-state index contributed by atoms with van der Waals surface area (Å²) >= 11 is 0. The van der Waals surface area contributed by atoms with E-state index in [0.717, 1.165) is 29.5 Å². The topological polar surface area (TPSA) is 17.1 Å². The predicted molar refractivity (Wildman–Crippen MR) is 70.0 cm³/mol. The van der Waals surface area contributed by atoms with Crippen LogP contribution in [0.1, 0.15) is 64.2 Å². The SMILES string of the molecule is O=C1C2(CCC13CC1CCC3C1)CC1CCC2C1. The first-order valence-corrected chi connectivity index (χ1v) is 8.28. The Hall–Kier alpha value is -0.330. The van der Waals surface area contributed by atoms with Gasteiger partial charge in [0.2, 0.25) is 0 Å². The lowest BCUT2D eigenvalue weighted by Crippen LogP contribution is -2.41. The van der Waals surface area contributed by atoms with Gasteiger partial charge < -0.3 is 0 Å². The van der Waals surface area contributed by atoms with Crippen LogP contribution >= 0.6 is 0 Å². The quantitative estimate of drug-likeness (QED) is 0.630. The van der Waals surface area contributed by atoms with Gasteiger partial charge in [0.05, 0.1) is 0 Å². The smallest absolute Gasteiger partial charge is 0.145 e. The van der Waals surface area contributed by atoms with Crippen LogP contribution in [0.3, 0.4) is 0 Å². The van der Waals surface area contributed by atoms with Crippen molar-refractivity contribution in [1.29, 1.82) is 0 Å². The maximum Gasteiger partial charge on any atom is 0.145 e. The van der Waals surface area contributed by atoms with Gasteiger partial charge in [0, 0.05) is 10.8 Å². The minimum Gasteiger partial charge on any atom is -0.298 e. The van der Waals surface area contributed by atoms with Gasteiger partial charge in [-0.1, -0.05) is 12.8 Å². The van der Waals surface area contributed by atoms with Crippen molar-refractivity contribution in [2.24, 2.45) is 34.5 Å². The van der Waals surface area contributed by atoms with Crippen LogP contribution in [0.15, 0.2) is 0 Å². The predicted octanol–water partition coefficient (Wildman–Crippen LogP) is 3.96. The first-order valence-electron chi connectivity index (χ1n) is 8.28. The zero-order chi connectivity index (χ0) is 12.0. The lowest BCUT2D eigenvalue weighted by atomic mass is 9.64. The van der Waals surface area contributed by atoms with Gasteiger partial charge in [-0.05, 0) is 75.0 Å². The van der Waals surface area contributed by atoms with E-state index in [0.29, 0.717) is 0 Å². The molecule has 0 aromatic rings. The number of carbonyl (C=O) groups excluding carboxylic acids is 1. The van der Waals surface area contributed by atoms with E-state index in [1.807, 2.05) is 0 Å². The molecule has 6 atom stereocenters. The van der Waals surface area contributed by atoms with E-state index < -0.39 is 0 Å². The number of fused-ring (bicyclic) bond motifs is 6. The van der Waals surface area contributed by atoms with Crippen LogP contribution in [-0.2, 0) is 4.79 Å². The van der Waals surface area contributed by atoms with Gasteiger partial charge in [-0.3, -0.25) is 4.79 Å². The highest BCUT2D eigenvalue weighted by Crippen LogP contribution is 2.70. The summed E-state index contributed by atoms with van der Waals surface area (Å²) < 4.78 is 0. The van der Waals surface area contributed by atoms with E-state index >= 15 is 0 Å². The summed E-state index contributed by atoms with van der Waals surface area (Å²) in [6.07, 6.45) is 13.5. The minimum absolute atomic E-state index is 0.202. The Morgan fingerprint density at radius 1 is 0.778 bits per heavy atom. The summed E-state index contributed by atoms with van der Waals surface area (Å²) in [6.45, 7) is 0. The van der Waals surface area contributed by atoms with Crippen molar-refractivity contribution in [1.82, 2.24) is 0 Å². The molecule has 4 bridgehead atoms. The van der Waals surface area contributed by atoms with Gasteiger partial charge in [0.25, 0.3) is 0 Å². The molecule has 1 nitrogen and oxygen atoms in total. The summed E-state index contributed by atoms with van der Waals surface area (Å²) in [5.41, 5.74) is 0.404. The molecule has 98 valence electrons. The second kappa shape index (κ2) is 3.04. The molecule has 0 aromatic carbocycles. The Morgan fingerprint density at radius 3 is 1.61 bits per heavy atom. The van der Waals surface area contributed by atoms with Crippen LogP contribution in [0.5, 0.6) is 0 Å². The zero-order valence-corrected chi connectivity index (χ0v) is 11.3. The summed E-state index contributed by atoms with van der Waals surface area (Å²) in [5, 5.41) is 0. The second-order valence-corrected chi connectivity index (χ2v) is 8.30. The van der Waals surface area contributed by atoms with Gasteiger partial charge in [-0.25, -0.2) is 0 Å². The van der Waals surface area contributed by atoms with Gasteiger partial charge in [-0.2, -0.15) is 0 Å². The Kier molecular flexibility index (Phi) is 1.77. The van der Waals surface area contributed by atoms with E-state index in [1.54, 1.807) is 0 Å². The van der Waals surface area contributed by atoms with E-state index in [1.165, 1.54) is 64.2 Å². The average molecular weight is 244 g/mol. The molecule has 0 heterocycles. The van der Waals surface area contributed by atoms with Crippen LogP contribution < -0.4 is 0 Å². The summed E-state index contributed by atoms with van der Waals surface area (Å²) in [7, 11) is 0. The van der Waals surface area contributed by atoms with Crippen LogP contribution in [0.25, 0.3) is 0 Å². The summed E-state index contributed by atoms with van der Waals surface area (Å²) in [6, 6.07) is 0. The second-order valence-electron chi connectivity index (χ2n) is 8.30. The molecular weight excluding hydrogens is 220 g/mol. The van der Waals surface area contributed by atoms with E-state index in [-0.39, 0.29) is 10.8 Å². The number of ketones is 1. The molecule has 0 aliphatic heterocycles. The number of rotatable bonds is 0. The van der Waals surface area contributed by atoms with Crippen molar-refractivity contribution >= 4 is 5.78 Å². The zero-order valence-electron chi connectivity index (χ0n) is 11.3. The van der Waals surface area contributed by atoms with Crippen molar-refractivity contribution < 1.29 is 4.79 Å². The van der Waals surface area contributed by atoms with Crippen LogP contribution in [0.2, 0.25) is 0 Å². The molecule has 1 heteroatoms. The number of carbonyl (C=O) groups is 1. The fourth-order valence-electron chi connectivity index (χ4n) is 7.23. The Morgan fingerprint density at radius 2 is 1.28 bits per heavy atom. The Bertz CT molecular complexity index is 389. The monoisotopic (exact) mass is 244 g/mol. The van der Waals surface area contributed by atoms with Crippen molar-refractivity contribution in [3.05, 3.63) is 0 Å². The van der Waals surface area contributed by atoms with Crippen LogP contribution in [0.4, 0.5) is 0 Å². The molecule has 5 aliphatic carbocycles. The number of hydrogen-bond donors (Lipinski definition) is 0. The maximum atomic E-state index is 13.3. The molecular formula is C17H24O. The van der Waals surface area contributed by atoms with Crippen molar-refractivity contribution in [3.8, 4) is 0 Å². The fraction of sp³-hybridized carbons (Fsp3) is 0.941. The molecule has 2 spiro atoms. The molecule has 5 aliphatic rings. The van der Waals surface area contributed by atoms with E-state index in [4.69, 9.17) is 0 Å². The van der Waals surface area contributed by atoms with E-state index in [9.17, 15) is 4.79 Å². The molecule has 0 N–H and O–H groups in total. The third-order valence-corrected chi connectivity index (χ3v) is 7.87. The molecule has 6 unspecified atom stereocenters. The Labute approximate surface area is 110 Å².